The minimum Gasteiger partial charge on any atom is -0.362 e. The Morgan fingerprint density at radius 1 is 1.45 bits per heavy atom. The number of aliphatic imine (C=N–C) groups is 1. The van der Waals surface area contributed by atoms with Crippen LogP contribution in [0.5, 0.6) is 0 Å². The SMILES string of the molecule is CC(=O)C1=C(C)NC2=C(C=NCC2)C1c1ccc(F)c(Br)c1. The normalized spacial score (nSPS) is 20.8. The van der Waals surface area contributed by atoms with Crippen LogP contribution in [0.4, 0.5) is 4.39 Å². The van der Waals surface area contributed by atoms with Gasteiger partial charge in [0, 0.05) is 47.6 Å². The molecule has 2 aliphatic heterocycles. The number of allylic oxidation sites excluding steroid dienone is 3. The van der Waals surface area contributed by atoms with Crippen LogP contribution in [0.2, 0.25) is 0 Å². The molecule has 1 atom stereocenters. The van der Waals surface area contributed by atoms with E-state index in [1.165, 1.54) is 6.07 Å². The molecule has 3 nitrogen and oxygen atoms in total. The van der Waals surface area contributed by atoms with Crippen LogP contribution in [0.1, 0.15) is 31.7 Å². The fourth-order valence-electron chi connectivity index (χ4n) is 3.12. The summed E-state index contributed by atoms with van der Waals surface area (Å²) in [6.07, 6.45) is 2.66. The van der Waals surface area contributed by atoms with Crippen LogP contribution in [0.15, 0.2) is 50.2 Å². The van der Waals surface area contributed by atoms with Crippen molar-refractivity contribution in [1.82, 2.24) is 5.32 Å². The predicted octanol–water partition coefficient (Wildman–Crippen LogP) is 3.87. The highest BCUT2D eigenvalue weighted by atomic mass is 79.9. The first kappa shape index (κ1) is 15.2. The van der Waals surface area contributed by atoms with Crippen molar-refractivity contribution in [2.24, 2.45) is 4.99 Å². The summed E-state index contributed by atoms with van der Waals surface area (Å²) in [4.78, 5) is 16.5. The van der Waals surface area contributed by atoms with Gasteiger partial charge in [-0.2, -0.15) is 0 Å². The average Bonchev–Trinajstić information content (AvgIpc) is 2.48. The molecule has 0 fully saturated rings. The van der Waals surface area contributed by atoms with Gasteiger partial charge in [-0.1, -0.05) is 6.07 Å². The number of rotatable bonds is 2. The number of benzene rings is 1. The number of ketones is 1. The number of hydrogen-bond donors (Lipinski definition) is 1. The zero-order chi connectivity index (χ0) is 15.9. The lowest BCUT2D eigenvalue weighted by atomic mass is 9.78. The lowest BCUT2D eigenvalue weighted by Gasteiger charge is -2.32. The smallest absolute Gasteiger partial charge is 0.158 e. The Morgan fingerprint density at radius 3 is 2.91 bits per heavy atom. The van der Waals surface area contributed by atoms with E-state index < -0.39 is 0 Å². The molecule has 0 aliphatic carbocycles. The molecule has 1 unspecified atom stereocenters. The van der Waals surface area contributed by atoms with Crippen LogP contribution in [-0.2, 0) is 4.79 Å². The standard InChI is InChI=1S/C17H16BrFN2O/c1-9-16(10(2)22)17(11-3-4-14(19)13(18)7-11)12-8-20-6-5-15(12)21-9/h3-4,7-8,17,21H,5-6H2,1-2H3. The summed E-state index contributed by atoms with van der Waals surface area (Å²) in [6.45, 7) is 4.23. The third-order valence-corrected chi connectivity index (χ3v) is 4.68. The molecule has 2 heterocycles. The van der Waals surface area contributed by atoms with Gasteiger partial charge < -0.3 is 5.32 Å². The highest BCUT2D eigenvalue weighted by Crippen LogP contribution is 2.40. The van der Waals surface area contributed by atoms with Crippen molar-refractivity contribution >= 4 is 27.9 Å². The van der Waals surface area contributed by atoms with Crippen molar-refractivity contribution in [3.63, 3.8) is 0 Å². The molecule has 0 radical (unpaired) electrons. The number of nitrogens with one attached hydrogen (secondary N) is 1. The number of hydrogen-bond acceptors (Lipinski definition) is 3. The minimum absolute atomic E-state index is 0.0148. The van der Waals surface area contributed by atoms with E-state index in [1.807, 2.05) is 13.1 Å². The fraction of sp³-hybridized carbons (Fsp3) is 0.294. The molecule has 0 spiro atoms. The first-order valence-electron chi connectivity index (χ1n) is 7.15. The molecule has 0 saturated heterocycles. The number of carbonyl (C=O) groups is 1. The Morgan fingerprint density at radius 2 is 2.23 bits per heavy atom. The van der Waals surface area contributed by atoms with Gasteiger partial charge in [-0.3, -0.25) is 9.79 Å². The van der Waals surface area contributed by atoms with Gasteiger partial charge >= 0.3 is 0 Å². The Labute approximate surface area is 137 Å². The molecule has 2 aliphatic rings. The Bertz CT molecular complexity index is 749. The van der Waals surface area contributed by atoms with Crippen LogP contribution in [0.25, 0.3) is 0 Å². The molecule has 114 valence electrons. The van der Waals surface area contributed by atoms with Crippen LogP contribution >= 0.6 is 15.9 Å². The zero-order valence-electron chi connectivity index (χ0n) is 12.4. The molecule has 22 heavy (non-hydrogen) atoms. The van der Waals surface area contributed by atoms with E-state index >= 15 is 0 Å². The molecule has 1 aromatic rings. The van der Waals surface area contributed by atoms with Gasteiger partial charge in [0.05, 0.1) is 4.47 Å². The van der Waals surface area contributed by atoms with E-state index in [4.69, 9.17) is 0 Å². The van der Waals surface area contributed by atoms with E-state index in [9.17, 15) is 9.18 Å². The molecule has 0 amide bonds. The van der Waals surface area contributed by atoms with Gasteiger partial charge in [0.25, 0.3) is 0 Å². The quantitative estimate of drug-likeness (QED) is 0.867. The Balaban J connectivity index is 2.18. The molecule has 5 heteroatoms. The summed E-state index contributed by atoms with van der Waals surface area (Å²) in [5.74, 6) is -0.495. The van der Waals surface area contributed by atoms with Crippen molar-refractivity contribution in [2.45, 2.75) is 26.2 Å². The van der Waals surface area contributed by atoms with Crippen LogP contribution in [-0.4, -0.2) is 18.5 Å². The lowest BCUT2D eigenvalue weighted by molar-refractivity contribution is -0.113. The second kappa shape index (κ2) is 5.80. The van der Waals surface area contributed by atoms with E-state index in [1.54, 1.807) is 19.1 Å². The van der Waals surface area contributed by atoms with Gasteiger partial charge in [-0.15, -0.1) is 0 Å². The summed E-state index contributed by atoms with van der Waals surface area (Å²) in [5, 5.41) is 3.34. The van der Waals surface area contributed by atoms with Crippen molar-refractivity contribution in [3.8, 4) is 0 Å². The number of nitrogens with zero attached hydrogens (tertiary/aromatic N) is 1. The van der Waals surface area contributed by atoms with E-state index in [-0.39, 0.29) is 17.5 Å². The van der Waals surface area contributed by atoms with Gasteiger partial charge in [0.2, 0.25) is 0 Å². The monoisotopic (exact) mass is 362 g/mol. The zero-order valence-corrected chi connectivity index (χ0v) is 14.0. The van der Waals surface area contributed by atoms with E-state index in [0.29, 0.717) is 10.0 Å². The summed E-state index contributed by atoms with van der Waals surface area (Å²) < 4.78 is 14.0. The molecule has 3 rings (SSSR count). The van der Waals surface area contributed by atoms with Crippen LogP contribution in [0.3, 0.4) is 0 Å². The third kappa shape index (κ3) is 2.54. The number of carbonyl (C=O) groups excluding carboxylic acids is 1. The molecule has 0 bridgehead atoms. The van der Waals surface area contributed by atoms with Crippen molar-refractivity contribution in [3.05, 3.63) is 56.6 Å². The molecular weight excluding hydrogens is 347 g/mol. The topological polar surface area (TPSA) is 41.5 Å². The number of Topliss-reactive ketones (excluding diaryl/α,β-unsaturated/α-hetero) is 1. The number of dihydropyridines is 2. The van der Waals surface area contributed by atoms with E-state index in [2.05, 4.69) is 26.2 Å². The second-order valence-corrected chi connectivity index (χ2v) is 6.40. The maximum Gasteiger partial charge on any atom is 0.158 e. The summed E-state index contributed by atoms with van der Waals surface area (Å²) in [6, 6.07) is 4.91. The van der Waals surface area contributed by atoms with Gasteiger partial charge in [0.15, 0.2) is 5.78 Å². The van der Waals surface area contributed by atoms with E-state index in [0.717, 1.165) is 35.5 Å². The summed E-state index contributed by atoms with van der Waals surface area (Å²) >= 11 is 3.23. The first-order valence-corrected chi connectivity index (χ1v) is 7.95. The van der Waals surface area contributed by atoms with Crippen LogP contribution in [0, 0.1) is 5.82 Å². The fourth-order valence-corrected chi connectivity index (χ4v) is 3.51. The first-order chi connectivity index (χ1) is 10.5. The molecule has 0 aromatic heterocycles. The van der Waals surface area contributed by atoms with Gasteiger partial charge in [-0.25, -0.2) is 4.39 Å². The Hall–Kier alpha value is -1.75. The molecule has 0 saturated carbocycles. The average molecular weight is 363 g/mol. The summed E-state index contributed by atoms with van der Waals surface area (Å²) in [5.41, 5.74) is 4.57. The highest BCUT2D eigenvalue weighted by Gasteiger charge is 2.32. The highest BCUT2D eigenvalue weighted by molar-refractivity contribution is 9.10. The molecule has 1 aromatic carbocycles. The van der Waals surface area contributed by atoms with Gasteiger partial charge in [0.1, 0.15) is 5.82 Å². The maximum atomic E-state index is 13.6. The number of halogens is 2. The van der Waals surface area contributed by atoms with Crippen molar-refractivity contribution in [1.29, 1.82) is 0 Å². The lowest BCUT2D eigenvalue weighted by Crippen LogP contribution is -2.30. The minimum atomic E-state index is -0.311. The Kier molecular flexibility index (Phi) is 4.00. The third-order valence-electron chi connectivity index (χ3n) is 4.07. The van der Waals surface area contributed by atoms with Crippen LogP contribution < -0.4 is 5.32 Å². The summed E-state index contributed by atoms with van der Waals surface area (Å²) in [7, 11) is 0. The largest absolute Gasteiger partial charge is 0.362 e. The van der Waals surface area contributed by atoms with Gasteiger partial charge in [-0.05, 0) is 47.5 Å². The molecular formula is C17H16BrFN2O. The van der Waals surface area contributed by atoms with Crippen molar-refractivity contribution in [2.75, 3.05) is 6.54 Å². The van der Waals surface area contributed by atoms with Crippen molar-refractivity contribution < 1.29 is 9.18 Å². The molecule has 1 N–H and O–H groups in total. The maximum absolute atomic E-state index is 13.6. The predicted molar refractivity (Wildman–Crippen MR) is 88.4 cm³/mol. The second-order valence-electron chi connectivity index (χ2n) is 5.55.